The average Bonchev–Trinajstić information content (AvgIpc) is 2.98. The van der Waals surface area contributed by atoms with Crippen molar-refractivity contribution in [3.63, 3.8) is 0 Å². The van der Waals surface area contributed by atoms with Crippen LogP contribution in [0.2, 0.25) is 0 Å². The molecule has 0 spiro atoms. The molecule has 0 fully saturated rings. The molecule has 0 aliphatic rings. The zero-order valence-corrected chi connectivity index (χ0v) is 10.6. The number of carbonyl (C=O) groups excluding carboxylic acids is 1. The number of phenolic OH excluding ortho intramolecular Hbond substituents is 1. The number of hydrogen-bond donors (Lipinski definition) is 2. The molecule has 2 N–H and O–H groups in total. The molecule has 0 unspecified atom stereocenters. The van der Waals surface area contributed by atoms with Gasteiger partial charge in [-0.1, -0.05) is 12.1 Å². The summed E-state index contributed by atoms with van der Waals surface area (Å²) in [4.78, 5) is 19.3. The first kappa shape index (κ1) is 12.2. The topological polar surface area (TPSA) is 66.0 Å². The van der Waals surface area contributed by atoms with Crippen molar-refractivity contribution in [2.75, 3.05) is 0 Å². The number of aromatic hydroxyl groups is 1. The van der Waals surface area contributed by atoms with Crippen molar-refractivity contribution in [2.45, 2.75) is 0 Å². The van der Waals surface area contributed by atoms with Gasteiger partial charge in [0, 0.05) is 35.4 Å². The van der Waals surface area contributed by atoms with E-state index in [2.05, 4.69) is 9.97 Å². The molecule has 2 aromatic heterocycles. The fraction of sp³-hybridized carbons (Fsp3) is 0. The van der Waals surface area contributed by atoms with Crippen LogP contribution in [0, 0.1) is 0 Å². The Morgan fingerprint density at radius 2 is 1.85 bits per heavy atom. The number of hydrogen-bond acceptors (Lipinski definition) is 3. The van der Waals surface area contributed by atoms with Crippen LogP contribution >= 0.6 is 0 Å². The van der Waals surface area contributed by atoms with E-state index < -0.39 is 0 Å². The van der Waals surface area contributed by atoms with Crippen LogP contribution in [0.25, 0.3) is 11.3 Å². The van der Waals surface area contributed by atoms with Crippen molar-refractivity contribution in [1.29, 1.82) is 0 Å². The highest BCUT2D eigenvalue weighted by molar-refractivity contribution is 6.11. The molecule has 98 valence electrons. The van der Waals surface area contributed by atoms with Crippen LogP contribution in [0.15, 0.2) is 61.1 Å². The summed E-state index contributed by atoms with van der Waals surface area (Å²) in [5.41, 5.74) is 2.61. The lowest BCUT2D eigenvalue weighted by Gasteiger charge is -2.00. The maximum Gasteiger partial charge on any atom is 0.198 e. The standard InChI is InChI=1S/C16H12N2O2/c19-15-4-2-1-3-13(15)16(20)12-9-14(18-10-12)11-5-7-17-8-6-11/h1-10,18-19H. The van der Waals surface area contributed by atoms with Crippen LogP contribution in [0.3, 0.4) is 0 Å². The van der Waals surface area contributed by atoms with Gasteiger partial charge in [-0.2, -0.15) is 0 Å². The molecule has 3 rings (SSSR count). The summed E-state index contributed by atoms with van der Waals surface area (Å²) in [6, 6.07) is 12.0. The number of pyridine rings is 1. The quantitative estimate of drug-likeness (QED) is 0.715. The summed E-state index contributed by atoms with van der Waals surface area (Å²) in [5, 5.41) is 9.73. The van der Waals surface area contributed by atoms with E-state index in [4.69, 9.17) is 0 Å². The van der Waals surface area contributed by atoms with Crippen LogP contribution < -0.4 is 0 Å². The number of aromatic nitrogens is 2. The molecule has 1 aromatic carbocycles. The summed E-state index contributed by atoms with van der Waals surface area (Å²) in [6.07, 6.45) is 5.03. The van der Waals surface area contributed by atoms with E-state index in [0.717, 1.165) is 11.3 Å². The molecular weight excluding hydrogens is 252 g/mol. The van der Waals surface area contributed by atoms with Crippen molar-refractivity contribution >= 4 is 5.78 Å². The van der Waals surface area contributed by atoms with E-state index >= 15 is 0 Å². The van der Waals surface area contributed by atoms with Gasteiger partial charge >= 0.3 is 0 Å². The monoisotopic (exact) mass is 264 g/mol. The van der Waals surface area contributed by atoms with E-state index in [0.29, 0.717) is 11.1 Å². The van der Waals surface area contributed by atoms with E-state index in [1.54, 1.807) is 42.9 Å². The second kappa shape index (κ2) is 5.01. The minimum atomic E-state index is -0.209. The second-order valence-corrected chi connectivity index (χ2v) is 4.38. The molecule has 0 aliphatic heterocycles. The van der Waals surface area contributed by atoms with Gasteiger partial charge < -0.3 is 10.1 Å². The normalized spacial score (nSPS) is 10.4. The molecule has 3 aromatic rings. The number of nitrogens with one attached hydrogen (secondary N) is 1. The fourth-order valence-corrected chi connectivity index (χ4v) is 2.04. The number of H-pyrrole nitrogens is 1. The van der Waals surface area contributed by atoms with Gasteiger partial charge in [-0.05, 0) is 30.3 Å². The predicted molar refractivity (Wildman–Crippen MR) is 75.6 cm³/mol. The Balaban J connectivity index is 1.95. The summed E-state index contributed by atoms with van der Waals surface area (Å²) in [7, 11) is 0. The van der Waals surface area contributed by atoms with Crippen molar-refractivity contribution < 1.29 is 9.90 Å². The first-order valence-electron chi connectivity index (χ1n) is 6.17. The number of ketones is 1. The van der Waals surface area contributed by atoms with Gasteiger partial charge in [0.2, 0.25) is 0 Å². The van der Waals surface area contributed by atoms with Gasteiger partial charge in [-0.25, -0.2) is 0 Å². The molecule has 0 aliphatic carbocycles. The lowest BCUT2D eigenvalue weighted by Crippen LogP contribution is -1.99. The van der Waals surface area contributed by atoms with Crippen molar-refractivity contribution in [1.82, 2.24) is 9.97 Å². The Bertz CT molecular complexity index is 748. The van der Waals surface area contributed by atoms with Crippen molar-refractivity contribution in [3.05, 3.63) is 72.2 Å². The van der Waals surface area contributed by atoms with Gasteiger partial charge in [0.25, 0.3) is 0 Å². The first-order chi connectivity index (χ1) is 9.75. The van der Waals surface area contributed by atoms with Crippen LogP contribution in [0.1, 0.15) is 15.9 Å². The van der Waals surface area contributed by atoms with Crippen LogP contribution in [-0.2, 0) is 0 Å². The Morgan fingerprint density at radius 1 is 1.10 bits per heavy atom. The zero-order valence-electron chi connectivity index (χ0n) is 10.6. The molecular formula is C16H12N2O2. The smallest absolute Gasteiger partial charge is 0.198 e. The predicted octanol–water partition coefficient (Wildman–Crippen LogP) is 3.01. The number of aromatic amines is 1. The molecule has 0 saturated carbocycles. The van der Waals surface area contributed by atoms with Crippen LogP contribution in [0.4, 0.5) is 0 Å². The lowest BCUT2D eigenvalue weighted by atomic mass is 10.0. The Kier molecular flexibility index (Phi) is 3.05. The SMILES string of the molecule is O=C(c1c[nH]c(-c2ccncc2)c1)c1ccccc1O. The molecule has 4 nitrogen and oxygen atoms in total. The maximum atomic E-state index is 12.3. The highest BCUT2D eigenvalue weighted by Crippen LogP contribution is 2.23. The minimum absolute atomic E-state index is 0.0100. The van der Waals surface area contributed by atoms with E-state index in [1.165, 1.54) is 6.07 Å². The van der Waals surface area contributed by atoms with Gasteiger partial charge in [-0.3, -0.25) is 9.78 Å². The van der Waals surface area contributed by atoms with Crippen molar-refractivity contribution in [3.8, 4) is 17.0 Å². The first-order valence-corrected chi connectivity index (χ1v) is 6.17. The Morgan fingerprint density at radius 3 is 2.60 bits per heavy atom. The van der Waals surface area contributed by atoms with Gasteiger partial charge in [0.15, 0.2) is 5.78 Å². The number of carbonyl (C=O) groups is 1. The highest BCUT2D eigenvalue weighted by atomic mass is 16.3. The van der Waals surface area contributed by atoms with Crippen LogP contribution in [0.5, 0.6) is 5.75 Å². The largest absolute Gasteiger partial charge is 0.507 e. The summed E-state index contributed by atoms with van der Waals surface area (Å²) in [6.45, 7) is 0. The molecule has 0 saturated heterocycles. The molecule has 0 amide bonds. The summed E-state index contributed by atoms with van der Waals surface area (Å²) in [5.74, 6) is -0.219. The third-order valence-corrected chi connectivity index (χ3v) is 3.09. The number of nitrogens with zero attached hydrogens (tertiary/aromatic N) is 1. The van der Waals surface area contributed by atoms with Gasteiger partial charge in [0.05, 0.1) is 5.56 Å². The van der Waals surface area contributed by atoms with Gasteiger partial charge in [-0.15, -0.1) is 0 Å². The molecule has 2 heterocycles. The number of rotatable bonds is 3. The maximum absolute atomic E-state index is 12.3. The molecule has 0 bridgehead atoms. The van der Waals surface area contributed by atoms with Crippen molar-refractivity contribution in [2.24, 2.45) is 0 Å². The highest BCUT2D eigenvalue weighted by Gasteiger charge is 2.14. The van der Waals surface area contributed by atoms with Gasteiger partial charge in [0.1, 0.15) is 5.75 Å². The Labute approximate surface area is 115 Å². The number of benzene rings is 1. The number of para-hydroxylation sites is 1. The molecule has 0 atom stereocenters. The molecule has 20 heavy (non-hydrogen) atoms. The number of phenols is 1. The van der Waals surface area contributed by atoms with E-state index in [-0.39, 0.29) is 11.5 Å². The van der Waals surface area contributed by atoms with Crippen LogP contribution in [-0.4, -0.2) is 20.9 Å². The fourth-order valence-electron chi connectivity index (χ4n) is 2.04. The van der Waals surface area contributed by atoms with E-state index in [1.807, 2.05) is 12.1 Å². The second-order valence-electron chi connectivity index (χ2n) is 4.38. The minimum Gasteiger partial charge on any atom is -0.507 e. The third-order valence-electron chi connectivity index (χ3n) is 3.09. The third kappa shape index (κ3) is 2.19. The lowest BCUT2D eigenvalue weighted by molar-refractivity contribution is 0.103. The average molecular weight is 264 g/mol. The Hall–Kier alpha value is -2.88. The summed E-state index contributed by atoms with van der Waals surface area (Å²) >= 11 is 0. The van der Waals surface area contributed by atoms with E-state index in [9.17, 15) is 9.90 Å². The molecule has 4 heteroatoms. The molecule has 0 radical (unpaired) electrons. The zero-order chi connectivity index (χ0) is 13.9. The summed E-state index contributed by atoms with van der Waals surface area (Å²) < 4.78 is 0.